The summed E-state index contributed by atoms with van der Waals surface area (Å²) in [7, 11) is 0. The Morgan fingerprint density at radius 1 is 1.28 bits per heavy atom. The zero-order valence-corrected chi connectivity index (χ0v) is 16.7. The highest BCUT2D eigenvalue weighted by Gasteiger charge is 2.23. The standard InChI is InChI=1S/C23H24N4O2/c1-15-7-8-20-18(11-15)19(12-21(26-20)17-5-3-9-24-13-17)23(29)25-16(2)14-27-10-4-6-22(27)28/h3,5,7-9,11-13,16H,4,6,10,14H2,1-2H3,(H,25,29). The number of aryl methyl sites for hydroxylation is 1. The topological polar surface area (TPSA) is 75.2 Å². The van der Waals surface area contributed by atoms with Crippen molar-refractivity contribution in [3.05, 3.63) is 59.9 Å². The normalized spacial score (nSPS) is 15.0. The van der Waals surface area contributed by atoms with Gasteiger partial charge in [-0.25, -0.2) is 4.98 Å². The van der Waals surface area contributed by atoms with Crippen molar-refractivity contribution in [1.82, 2.24) is 20.2 Å². The van der Waals surface area contributed by atoms with Crippen LogP contribution in [0.1, 0.15) is 35.7 Å². The van der Waals surface area contributed by atoms with Gasteiger partial charge in [0.2, 0.25) is 5.91 Å². The highest BCUT2D eigenvalue weighted by atomic mass is 16.2. The summed E-state index contributed by atoms with van der Waals surface area (Å²) in [5.74, 6) is 0.00207. The molecule has 1 atom stereocenters. The fourth-order valence-electron chi connectivity index (χ4n) is 3.76. The van der Waals surface area contributed by atoms with Gasteiger partial charge in [-0.1, -0.05) is 11.6 Å². The van der Waals surface area contributed by atoms with Crippen molar-refractivity contribution in [2.75, 3.05) is 13.1 Å². The van der Waals surface area contributed by atoms with Crippen LogP contribution in [0.25, 0.3) is 22.2 Å². The Morgan fingerprint density at radius 3 is 2.86 bits per heavy atom. The van der Waals surface area contributed by atoms with Crippen LogP contribution in [0.3, 0.4) is 0 Å². The zero-order valence-electron chi connectivity index (χ0n) is 16.7. The largest absolute Gasteiger partial charge is 0.348 e. The molecular formula is C23H24N4O2. The summed E-state index contributed by atoms with van der Waals surface area (Å²) in [5, 5.41) is 3.88. The molecule has 0 saturated carbocycles. The van der Waals surface area contributed by atoms with Gasteiger partial charge in [0, 0.05) is 48.9 Å². The van der Waals surface area contributed by atoms with Gasteiger partial charge >= 0.3 is 0 Å². The lowest BCUT2D eigenvalue weighted by Gasteiger charge is -2.22. The highest BCUT2D eigenvalue weighted by Crippen LogP contribution is 2.25. The molecule has 4 rings (SSSR count). The molecule has 1 aliphatic heterocycles. The molecule has 3 aromatic rings. The van der Waals surface area contributed by atoms with Gasteiger partial charge in [0.15, 0.2) is 0 Å². The number of nitrogens with zero attached hydrogens (tertiary/aromatic N) is 3. The molecule has 1 fully saturated rings. The average molecular weight is 388 g/mol. The van der Waals surface area contributed by atoms with E-state index in [1.165, 1.54) is 0 Å². The lowest BCUT2D eigenvalue weighted by atomic mass is 10.0. The van der Waals surface area contributed by atoms with Crippen molar-refractivity contribution in [2.45, 2.75) is 32.7 Å². The van der Waals surface area contributed by atoms with E-state index in [2.05, 4.69) is 10.3 Å². The van der Waals surface area contributed by atoms with Gasteiger partial charge in [0.1, 0.15) is 0 Å². The molecule has 1 saturated heterocycles. The van der Waals surface area contributed by atoms with E-state index in [1.807, 2.05) is 55.1 Å². The van der Waals surface area contributed by atoms with Gasteiger partial charge in [-0.2, -0.15) is 0 Å². The first-order valence-corrected chi connectivity index (χ1v) is 9.92. The summed E-state index contributed by atoms with van der Waals surface area (Å²) >= 11 is 0. The van der Waals surface area contributed by atoms with Crippen molar-refractivity contribution in [2.24, 2.45) is 0 Å². The fourth-order valence-corrected chi connectivity index (χ4v) is 3.76. The molecule has 1 N–H and O–H groups in total. The lowest BCUT2D eigenvalue weighted by Crippen LogP contribution is -2.42. The van der Waals surface area contributed by atoms with E-state index in [1.54, 1.807) is 12.4 Å². The molecule has 2 aromatic heterocycles. The number of aromatic nitrogens is 2. The van der Waals surface area contributed by atoms with Crippen LogP contribution in [0, 0.1) is 6.92 Å². The van der Waals surface area contributed by atoms with E-state index in [0.717, 1.165) is 35.0 Å². The number of rotatable bonds is 5. The molecule has 1 unspecified atom stereocenters. The number of hydrogen-bond donors (Lipinski definition) is 1. The van der Waals surface area contributed by atoms with Gasteiger partial charge in [-0.05, 0) is 50.6 Å². The van der Waals surface area contributed by atoms with Crippen molar-refractivity contribution in [1.29, 1.82) is 0 Å². The van der Waals surface area contributed by atoms with Crippen molar-refractivity contribution < 1.29 is 9.59 Å². The van der Waals surface area contributed by atoms with Crippen LogP contribution in [0.4, 0.5) is 0 Å². The fraction of sp³-hybridized carbons (Fsp3) is 0.304. The molecule has 0 aliphatic carbocycles. The third-order valence-electron chi connectivity index (χ3n) is 5.21. The number of likely N-dealkylation sites (tertiary alicyclic amines) is 1. The number of pyridine rings is 2. The van der Waals surface area contributed by atoms with Crippen LogP contribution in [0.5, 0.6) is 0 Å². The summed E-state index contributed by atoms with van der Waals surface area (Å²) in [5.41, 5.74) is 3.99. The van der Waals surface area contributed by atoms with Crippen LogP contribution in [0.2, 0.25) is 0 Å². The minimum absolute atomic E-state index is 0.139. The summed E-state index contributed by atoms with van der Waals surface area (Å²) in [6.45, 7) is 5.22. The molecular weight excluding hydrogens is 364 g/mol. The molecule has 0 bridgehead atoms. The molecule has 6 heteroatoms. The first-order valence-electron chi connectivity index (χ1n) is 9.92. The smallest absolute Gasteiger partial charge is 0.252 e. The predicted molar refractivity (Wildman–Crippen MR) is 112 cm³/mol. The van der Waals surface area contributed by atoms with Crippen LogP contribution < -0.4 is 5.32 Å². The number of benzene rings is 1. The van der Waals surface area contributed by atoms with E-state index in [9.17, 15) is 9.59 Å². The van der Waals surface area contributed by atoms with Crippen molar-refractivity contribution in [3.63, 3.8) is 0 Å². The number of amides is 2. The minimum atomic E-state index is -0.160. The molecule has 148 valence electrons. The molecule has 6 nitrogen and oxygen atoms in total. The first-order chi connectivity index (χ1) is 14.0. The number of carbonyl (C=O) groups is 2. The SMILES string of the molecule is Cc1ccc2nc(-c3cccnc3)cc(C(=O)NC(C)CN3CCCC3=O)c2c1. The Hall–Kier alpha value is -3.28. The Morgan fingerprint density at radius 2 is 2.14 bits per heavy atom. The minimum Gasteiger partial charge on any atom is -0.348 e. The van der Waals surface area contributed by atoms with Crippen LogP contribution in [-0.4, -0.2) is 45.8 Å². The van der Waals surface area contributed by atoms with Crippen molar-refractivity contribution in [3.8, 4) is 11.3 Å². The third-order valence-corrected chi connectivity index (χ3v) is 5.21. The van der Waals surface area contributed by atoms with E-state index in [0.29, 0.717) is 24.2 Å². The second kappa shape index (κ2) is 7.99. The molecule has 0 radical (unpaired) electrons. The highest BCUT2D eigenvalue weighted by molar-refractivity contribution is 6.07. The summed E-state index contributed by atoms with van der Waals surface area (Å²) < 4.78 is 0. The van der Waals surface area contributed by atoms with E-state index < -0.39 is 0 Å². The number of hydrogen-bond acceptors (Lipinski definition) is 4. The molecule has 0 spiro atoms. The van der Waals surface area contributed by atoms with E-state index in [-0.39, 0.29) is 17.9 Å². The van der Waals surface area contributed by atoms with E-state index in [4.69, 9.17) is 4.98 Å². The lowest BCUT2D eigenvalue weighted by molar-refractivity contribution is -0.127. The Bertz CT molecular complexity index is 1070. The number of carbonyl (C=O) groups excluding carboxylic acids is 2. The summed E-state index contributed by atoms with van der Waals surface area (Å²) in [6, 6.07) is 11.4. The molecule has 29 heavy (non-hydrogen) atoms. The van der Waals surface area contributed by atoms with Gasteiger partial charge in [0.25, 0.3) is 5.91 Å². The maximum atomic E-state index is 13.2. The zero-order chi connectivity index (χ0) is 20.4. The number of fused-ring (bicyclic) bond motifs is 1. The Labute approximate surface area is 170 Å². The first kappa shape index (κ1) is 19.1. The summed E-state index contributed by atoms with van der Waals surface area (Å²) in [4.78, 5) is 35.8. The predicted octanol–water partition coefficient (Wildman–Crippen LogP) is 3.35. The van der Waals surface area contributed by atoms with Gasteiger partial charge in [-0.15, -0.1) is 0 Å². The molecule has 3 heterocycles. The number of nitrogens with one attached hydrogen (secondary N) is 1. The van der Waals surface area contributed by atoms with Crippen LogP contribution in [0.15, 0.2) is 48.8 Å². The second-order valence-corrected chi connectivity index (χ2v) is 7.64. The average Bonchev–Trinajstić information content (AvgIpc) is 3.12. The Kier molecular flexibility index (Phi) is 5.25. The maximum absolute atomic E-state index is 13.2. The van der Waals surface area contributed by atoms with Crippen LogP contribution in [-0.2, 0) is 4.79 Å². The van der Waals surface area contributed by atoms with Gasteiger partial charge in [-0.3, -0.25) is 14.6 Å². The second-order valence-electron chi connectivity index (χ2n) is 7.64. The quantitative estimate of drug-likeness (QED) is 0.727. The summed E-state index contributed by atoms with van der Waals surface area (Å²) in [6.07, 6.45) is 4.94. The monoisotopic (exact) mass is 388 g/mol. The third kappa shape index (κ3) is 4.11. The van der Waals surface area contributed by atoms with Crippen LogP contribution >= 0.6 is 0 Å². The van der Waals surface area contributed by atoms with E-state index >= 15 is 0 Å². The van der Waals surface area contributed by atoms with Gasteiger partial charge in [0.05, 0.1) is 16.8 Å². The molecule has 1 aromatic carbocycles. The van der Waals surface area contributed by atoms with Crippen molar-refractivity contribution >= 4 is 22.7 Å². The Balaban J connectivity index is 1.66. The van der Waals surface area contributed by atoms with Gasteiger partial charge < -0.3 is 10.2 Å². The molecule has 1 aliphatic rings. The molecule has 2 amide bonds. The maximum Gasteiger partial charge on any atom is 0.252 e.